The summed E-state index contributed by atoms with van der Waals surface area (Å²) in [6, 6.07) is -0.955. The summed E-state index contributed by atoms with van der Waals surface area (Å²) in [7, 11) is 0. The average Bonchev–Trinajstić information content (AvgIpc) is 2.64. The number of hydrogen-bond acceptors (Lipinski definition) is 7. The summed E-state index contributed by atoms with van der Waals surface area (Å²) in [5, 5.41) is 40.7. The molecule has 10 nitrogen and oxygen atoms in total. The highest BCUT2D eigenvalue weighted by molar-refractivity contribution is 5.75. The minimum Gasteiger partial charge on any atom is -0.394 e. The van der Waals surface area contributed by atoms with Crippen molar-refractivity contribution < 1.29 is 34.2 Å². The Bertz CT molecular complexity index is 424. The number of carbonyl (C=O) groups excluding carboxylic acids is 1. The van der Waals surface area contributed by atoms with Gasteiger partial charge < -0.3 is 25.4 Å². The topological polar surface area (TPSA) is 145 Å². The predicted molar refractivity (Wildman–Crippen MR) is 58.4 cm³/mol. The van der Waals surface area contributed by atoms with Gasteiger partial charge in [0.25, 0.3) is 0 Å². The van der Waals surface area contributed by atoms with Crippen LogP contribution in [0, 0.1) is 10.1 Å². The van der Waals surface area contributed by atoms with Gasteiger partial charge in [0.1, 0.15) is 12.3 Å². The monoisotopic (exact) mass is 295 g/mol. The summed E-state index contributed by atoms with van der Waals surface area (Å²) in [5.41, 5.74) is 0. The number of nitrogens with one attached hydrogen (secondary N) is 1. The molecule has 2 amide bonds. The summed E-state index contributed by atoms with van der Waals surface area (Å²) in [4.78, 5) is 21.9. The molecular weight excluding hydrogens is 281 g/mol. The smallest absolute Gasteiger partial charge is 0.394 e. The first-order chi connectivity index (χ1) is 9.32. The van der Waals surface area contributed by atoms with Gasteiger partial charge in [0.15, 0.2) is 6.10 Å². The number of rotatable bonds is 3. The third-order valence-corrected chi connectivity index (χ3v) is 3.35. The summed E-state index contributed by atoms with van der Waals surface area (Å²) < 4.78 is 19.4. The maximum Gasteiger partial charge on any atom is 0.430 e. The van der Waals surface area contributed by atoms with Crippen LogP contribution in [0.3, 0.4) is 0 Å². The molecule has 4 N–H and O–H groups in total. The van der Waals surface area contributed by atoms with Crippen LogP contribution >= 0.6 is 0 Å². The van der Waals surface area contributed by atoms with Crippen molar-refractivity contribution in [2.75, 3.05) is 13.2 Å². The SMILES string of the molecule is O=C1NC(O)CCN1C1O[C@H](CO)[C@@H](O)[C@]1(F)[N+](=O)[O-]. The zero-order valence-corrected chi connectivity index (χ0v) is 10.2. The van der Waals surface area contributed by atoms with E-state index in [2.05, 4.69) is 5.32 Å². The van der Waals surface area contributed by atoms with Crippen LogP contribution in [0.1, 0.15) is 6.42 Å². The van der Waals surface area contributed by atoms with Crippen LogP contribution in [0.2, 0.25) is 0 Å². The number of nitro groups is 1. The average molecular weight is 295 g/mol. The van der Waals surface area contributed by atoms with Gasteiger partial charge in [-0.3, -0.25) is 15.0 Å². The van der Waals surface area contributed by atoms with E-state index >= 15 is 0 Å². The first kappa shape index (κ1) is 14.8. The van der Waals surface area contributed by atoms with Crippen LogP contribution in [-0.4, -0.2) is 74.8 Å². The maximum atomic E-state index is 14.5. The van der Waals surface area contributed by atoms with Crippen molar-refractivity contribution in [2.45, 2.75) is 36.9 Å². The summed E-state index contributed by atoms with van der Waals surface area (Å²) in [6.07, 6.45) is -6.85. The lowest BCUT2D eigenvalue weighted by Gasteiger charge is -2.35. The van der Waals surface area contributed by atoms with Crippen molar-refractivity contribution in [3.8, 4) is 0 Å². The van der Waals surface area contributed by atoms with E-state index in [4.69, 9.17) is 9.84 Å². The number of aliphatic hydroxyl groups is 3. The van der Waals surface area contributed by atoms with E-state index in [0.29, 0.717) is 4.90 Å². The molecule has 2 saturated heterocycles. The molecule has 5 atom stereocenters. The molecule has 0 saturated carbocycles. The standard InChI is InChI=1S/C9H14FN3O7/c10-9(13(18)19)6(16)4(3-14)20-7(9)12-2-1-5(15)11-8(12)17/h4-7,14-16H,1-3H2,(H,11,17)/t4-,5?,6-,7?,9+/m1/s1. The number of halogens is 1. The minimum atomic E-state index is -3.45. The molecule has 0 aromatic heterocycles. The van der Waals surface area contributed by atoms with Crippen molar-refractivity contribution in [1.82, 2.24) is 10.2 Å². The van der Waals surface area contributed by atoms with Crippen molar-refractivity contribution in [2.24, 2.45) is 0 Å². The normalized spacial score (nSPS) is 41.6. The van der Waals surface area contributed by atoms with E-state index in [-0.39, 0.29) is 13.0 Å². The molecule has 2 heterocycles. The van der Waals surface area contributed by atoms with Crippen molar-refractivity contribution in [3.05, 3.63) is 10.1 Å². The fraction of sp³-hybridized carbons (Fsp3) is 0.889. The Balaban J connectivity index is 2.29. The number of alkyl halides is 1. The van der Waals surface area contributed by atoms with Gasteiger partial charge in [-0.05, 0) is 0 Å². The third-order valence-electron chi connectivity index (χ3n) is 3.35. The van der Waals surface area contributed by atoms with Crippen LogP contribution in [-0.2, 0) is 4.74 Å². The molecule has 2 aliphatic heterocycles. The zero-order chi connectivity index (χ0) is 15.1. The molecule has 2 aliphatic rings. The van der Waals surface area contributed by atoms with E-state index < -0.39 is 48.0 Å². The fourth-order valence-corrected chi connectivity index (χ4v) is 2.26. The molecule has 0 radical (unpaired) electrons. The Kier molecular flexibility index (Phi) is 3.77. The van der Waals surface area contributed by atoms with Crippen molar-refractivity contribution in [3.63, 3.8) is 0 Å². The molecule has 11 heteroatoms. The zero-order valence-electron chi connectivity index (χ0n) is 10.2. The lowest BCUT2D eigenvalue weighted by molar-refractivity contribution is -0.626. The van der Waals surface area contributed by atoms with E-state index in [0.717, 1.165) is 0 Å². The molecule has 2 unspecified atom stereocenters. The predicted octanol–water partition coefficient (Wildman–Crippen LogP) is -2.26. The van der Waals surface area contributed by atoms with Crippen molar-refractivity contribution >= 4 is 6.03 Å². The van der Waals surface area contributed by atoms with Crippen LogP contribution in [0.25, 0.3) is 0 Å². The number of nitrogens with zero attached hydrogens (tertiary/aromatic N) is 2. The van der Waals surface area contributed by atoms with Gasteiger partial charge in [-0.1, -0.05) is 0 Å². The maximum absolute atomic E-state index is 14.5. The number of urea groups is 1. The van der Waals surface area contributed by atoms with Crippen LogP contribution in [0.4, 0.5) is 9.18 Å². The van der Waals surface area contributed by atoms with Gasteiger partial charge in [0, 0.05) is 13.0 Å². The molecule has 0 aromatic carbocycles. The summed E-state index contributed by atoms with van der Waals surface area (Å²) in [5.74, 6) is -3.45. The number of ether oxygens (including phenoxy) is 1. The number of amides is 2. The summed E-state index contributed by atoms with van der Waals surface area (Å²) in [6.45, 7) is -1.03. The van der Waals surface area contributed by atoms with E-state index in [1.807, 2.05) is 0 Å². The number of aliphatic hydroxyl groups excluding tert-OH is 3. The fourth-order valence-electron chi connectivity index (χ4n) is 2.26. The van der Waals surface area contributed by atoms with Crippen LogP contribution in [0.15, 0.2) is 0 Å². The lowest BCUT2D eigenvalue weighted by Crippen LogP contribution is -2.63. The highest BCUT2D eigenvalue weighted by Crippen LogP contribution is 2.37. The first-order valence-corrected chi connectivity index (χ1v) is 5.85. The van der Waals surface area contributed by atoms with Crippen LogP contribution < -0.4 is 5.32 Å². The first-order valence-electron chi connectivity index (χ1n) is 5.85. The quantitative estimate of drug-likeness (QED) is 0.261. The number of carbonyl (C=O) groups is 1. The molecule has 0 spiro atoms. The molecule has 2 rings (SSSR count). The Labute approximate surface area is 111 Å². The lowest BCUT2D eigenvalue weighted by atomic mass is 10.1. The van der Waals surface area contributed by atoms with Crippen molar-refractivity contribution in [1.29, 1.82) is 0 Å². The largest absolute Gasteiger partial charge is 0.430 e. The molecule has 114 valence electrons. The van der Waals surface area contributed by atoms with E-state index in [1.165, 1.54) is 0 Å². The van der Waals surface area contributed by atoms with E-state index in [9.17, 15) is 29.5 Å². The molecule has 0 bridgehead atoms. The Morgan fingerprint density at radius 2 is 2.25 bits per heavy atom. The summed E-state index contributed by atoms with van der Waals surface area (Å²) >= 11 is 0. The van der Waals surface area contributed by atoms with E-state index in [1.54, 1.807) is 0 Å². The molecular formula is C9H14FN3O7. The Morgan fingerprint density at radius 1 is 1.60 bits per heavy atom. The molecule has 0 aliphatic carbocycles. The minimum absolute atomic E-state index is 0.0132. The second-order valence-corrected chi connectivity index (χ2v) is 4.59. The van der Waals surface area contributed by atoms with Gasteiger partial charge in [-0.15, -0.1) is 0 Å². The van der Waals surface area contributed by atoms with Crippen LogP contribution in [0.5, 0.6) is 0 Å². The third kappa shape index (κ3) is 2.08. The molecule has 20 heavy (non-hydrogen) atoms. The van der Waals surface area contributed by atoms with Gasteiger partial charge >= 0.3 is 11.8 Å². The van der Waals surface area contributed by atoms with Gasteiger partial charge in [-0.2, -0.15) is 4.39 Å². The second-order valence-electron chi connectivity index (χ2n) is 4.59. The Morgan fingerprint density at radius 3 is 2.75 bits per heavy atom. The van der Waals surface area contributed by atoms with Gasteiger partial charge in [0.2, 0.25) is 6.23 Å². The highest BCUT2D eigenvalue weighted by Gasteiger charge is 2.70. The Hall–Kier alpha value is -1.56. The number of hydrogen-bond donors (Lipinski definition) is 4. The van der Waals surface area contributed by atoms with Gasteiger partial charge in [0.05, 0.1) is 11.5 Å². The second kappa shape index (κ2) is 5.09. The van der Waals surface area contributed by atoms with Gasteiger partial charge in [-0.25, -0.2) is 4.79 Å². The molecule has 0 aromatic rings. The highest BCUT2D eigenvalue weighted by atomic mass is 19.1. The molecule has 2 fully saturated rings.